The Kier molecular flexibility index (Phi) is 7.79. The molecule has 2 N–H and O–H groups in total. The highest BCUT2D eigenvalue weighted by Crippen LogP contribution is 2.35. The van der Waals surface area contributed by atoms with Gasteiger partial charge in [-0.2, -0.15) is 0 Å². The summed E-state index contributed by atoms with van der Waals surface area (Å²) in [6, 6.07) is 21.0. The minimum absolute atomic E-state index is 0.0961. The van der Waals surface area contributed by atoms with E-state index in [0.717, 1.165) is 37.2 Å². The van der Waals surface area contributed by atoms with Crippen LogP contribution < -0.4 is 10.1 Å². The van der Waals surface area contributed by atoms with Crippen LogP contribution in [0.4, 0.5) is 0 Å². The maximum atomic E-state index is 13.1. The van der Waals surface area contributed by atoms with Gasteiger partial charge < -0.3 is 15.4 Å². The third kappa shape index (κ3) is 5.86. The predicted octanol–water partition coefficient (Wildman–Crippen LogP) is 5.09. The Morgan fingerprint density at radius 2 is 1.80 bits per heavy atom. The number of ether oxygens (including phenoxy) is 1. The third-order valence-corrected chi connectivity index (χ3v) is 8.54. The van der Waals surface area contributed by atoms with Gasteiger partial charge in [-0.15, -0.1) is 6.54 Å². The fourth-order valence-electron chi connectivity index (χ4n) is 6.34. The highest BCUT2D eigenvalue weighted by Gasteiger charge is 2.39. The van der Waals surface area contributed by atoms with E-state index in [2.05, 4.69) is 16.3 Å². The van der Waals surface area contributed by atoms with Crippen LogP contribution in [0.15, 0.2) is 66.7 Å². The molecule has 3 aliphatic heterocycles. The summed E-state index contributed by atoms with van der Waals surface area (Å²) in [5.74, 6) is -0.0118. The van der Waals surface area contributed by atoms with Crippen molar-refractivity contribution in [1.82, 2.24) is 15.1 Å². The van der Waals surface area contributed by atoms with Crippen molar-refractivity contribution in [3.63, 3.8) is 0 Å². The van der Waals surface area contributed by atoms with Crippen molar-refractivity contribution < 1.29 is 19.1 Å². The smallest absolute Gasteiger partial charge is 0.255 e. The molecule has 3 atom stereocenters. The first kappa shape index (κ1) is 27.4. The van der Waals surface area contributed by atoms with Crippen molar-refractivity contribution in [2.24, 2.45) is 0 Å². The average Bonchev–Trinajstić information content (AvgIpc) is 3.29. The van der Waals surface area contributed by atoms with Crippen LogP contribution in [0.3, 0.4) is 0 Å². The zero-order valence-corrected chi connectivity index (χ0v) is 23.4. The van der Waals surface area contributed by atoms with Gasteiger partial charge in [0.15, 0.2) is 0 Å². The van der Waals surface area contributed by atoms with Gasteiger partial charge >= 0.3 is 0 Å². The number of piperidine rings is 2. The zero-order valence-electron chi connectivity index (χ0n) is 22.6. The number of benzene rings is 3. The van der Waals surface area contributed by atoms with Crippen LogP contribution in [0, 0.1) is 0 Å². The quantitative estimate of drug-likeness (QED) is 0.398. The molecular weight excluding hydrogens is 540 g/mol. The van der Waals surface area contributed by atoms with Crippen molar-refractivity contribution in [2.45, 2.75) is 57.0 Å². The molecule has 2 saturated heterocycles. The number of halogens is 1. The molecule has 41 heavy (non-hydrogen) atoms. The largest absolute Gasteiger partial charge is 0.674 e. The number of imide groups is 1. The molecule has 3 heterocycles. The number of amides is 3. The predicted molar refractivity (Wildman–Crippen MR) is 155 cm³/mol. The van der Waals surface area contributed by atoms with Gasteiger partial charge in [-0.1, -0.05) is 53.6 Å². The maximum absolute atomic E-state index is 13.1. The molecular formula is C32H32ClN4O4-. The van der Waals surface area contributed by atoms with Gasteiger partial charge in [0.2, 0.25) is 11.8 Å². The Bertz CT molecular complexity index is 1480. The third-order valence-electron chi connectivity index (χ3n) is 8.29. The number of hydrogen-bond donors (Lipinski definition) is 1. The van der Waals surface area contributed by atoms with Crippen molar-refractivity contribution in [3.05, 3.63) is 105 Å². The fourth-order valence-corrected chi connectivity index (χ4v) is 6.46. The molecule has 3 aliphatic rings. The van der Waals surface area contributed by atoms with Crippen molar-refractivity contribution >= 4 is 29.3 Å². The monoisotopic (exact) mass is 571 g/mol. The zero-order chi connectivity index (χ0) is 28.5. The molecule has 212 valence electrons. The van der Waals surface area contributed by atoms with E-state index in [9.17, 15) is 14.4 Å². The molecule has 2 fully saturated rings. The first-order chi connectivity index (χ1) is 19.9. The van der Waals surface area contributed by atoms with E-state index in [1.165, 1.54) is 11.1 Å². The number of hydrogen-bond acceptors (Lipinski definition) is 5. The second kappa shape index (κ2) is 11.6. The minimum atomic E-state index is -0.644. The lowest BCUT2D eigenvalue weighted by molar-refractivity contribution is -0.136. The Morgan fingerprint density at radius 3 is 2.59 bits per heavy atom. The lowest BCUT2D eigenvalue weighted by Crippen LogP contribution is -2.52. The second-order valence-electron chi connectivity index (χ2n) is 11.1. The van der Waals surface area contributed by atoms with E-state index >= 15 is 0 Å². The SMILES string of the molecule is [NH-]Cc1ccccc1C1C[C@H](Oc2ccc3c(c2)CN(C2CCC(=O)NC2=O)C3=O)CN(Cc2ccc(Cl)cc2)C1. The van der Waals surface area contributed by atoms with Gasteiger partial charge in [0, 0.05) is 49.1 Å². The molecule has 0 aliphatic carbocycles. The van der Waals surface area contributed by atoms with Crippen LogP contribution in [0.25, 0.3) is 5.73 Å². The molecule has 0 bridgehead atoms. The number of likely N-dealkylation sites (tertiary alicyclic amines) is 1. The molecule has 0 aromatic heterocycles. The Labute approximate surface area is 244 Å². The van der Waals surface area contributed by atoms with E-state index in [0.29, 0.717) is 29.3 Å². The van der Waals surface area contributed by atoms with Gasteiger partial charge in [-0.3, -0.25) is 24.6 Å². The van der Waals surface area contributed by atoms with Gasteiger partial charge in [-0.05, 0) is 59.9 Å². The Morgan fingerprint density at radius 1 is 1.00 bits per heavy atom. The average molecular weight is 572 g/mol. The summed E-state index contributed by atoms with van der Waals surface area (Å²) in [7, 11) is 0. The molecule has 3 aromatic carbocycles. The summed E-state index contributed by atoms with van der Waals surface area (Å²) in [4.78, 5) is 41.1. The first-order valence-corrected chi connectivity index (χ1v) is 14.4. The highest BCUT2D eigenvalue weighted by atomic mass is 35.5. The molecule has 3 aromatic rings. The van der Waals surface area contributed by atoms with Gasteiger partial charge in [0.1, 0.15) is 17.9 Å². The number of nitrogens with one attached hydrogen (secondary N) is 2. The van der Waals surface area contributed by atoms with Crippen molar-refractivity contribution in [3.8, 4) is 5.75 Å². The number of fused-ring (bicyclic) bond motifs is 1. The summed E-state index contributed by atoms with van der Waals surface area (Å²) >= 11 is 6.11. The number of carbonyl (C=O) groups excluding carboxylic acids is 3. The first-order valence-electron chi connectivity index (χ1n) is 14.0. The summed E-state index contributed by atoms with van der Waals surface area (Å²) in [6.45, 7) is 2.90. The highest BCUT2D eigenvalue weighted by molar-refractivity contribution is 6.30. The molecule has 3 amide bonds. The summed E-state index contributed by atoms with van der Waals surface area (Å²) in [5, 5.41) is 3.06. The van der Waals surface area contributed by atoms with Crippen LogP contribution in [0.2, 0.25) is 5.02 Å². The maximum Gasteiger partial charge on any atom is 0.255 e. The van der Waals surface area contributed by atoms with E-state index in [1.54, 1.807) is 11.0 Å². The number of nitrogens with zero attached hydrogens (tertiary/aromatic N) is 2. The molecule has 0 saturated carbocycles. The molecule has 0 spiro atoms. The molecule has 2 unspecified atom stereocenters. The lowest BCUT2D eigenvalue weighted by Gasteiger charge is -2.39. The number of carbonyl (C=O) groups is 3. The molecule has 9 heteroatoms. The van der Waals surface area contributed by atoms with Crippen LogP contribution in [-0.2, 0) is 29.2 Å². The van der Waals surface area contributed by atoms with Crippen LogP contribution >= 0.6 is 11.6 Å². The molecule has 6 rings (SSSR count). The summed E-state index contributed by atoms with van der Waals surface area (Å²) in [5.41, 5.74) is 12.8. The van der Waals surface area contributed by atoms with Crippen molar-refractivity contribution in [2.75, 3.05) is 13.1 Å². The van der Waals surface area contributed by atoms with Crippen LogP contribution in [0.5, 0.6) is 5.75 Å². The normalized spacial score (nSPS) is 22.9. The standard InChI is InChI=1S/C32H32ClN4O4/c33-24-7-5-20(6-8-24)16-36-17-22(27-4-2-1-3-21(27)15-34)14-26(19-36)41-25-9-10-28-23(13-25)18-37(32(28)40)29-11-12-30(38)35-31(29)39/h1-10,13,22,26,29,34H,11-12,14-19H2,(H,35,38,39)/q-1/t22?,26-,29?/m0/s1. The fraction of sp³-hybridized carbons (Fsp3) is 0.344. The van der Waals surface area contributed by atoms with E-state index in [1.807, 2.05) is 54.6 Å². The Balaban J connectivity index is 1.21. The van der Waals surface area contributed by atoms with Gasteiger partial charge in [-0.25, -0.2) is 0 Å². The van der Waals surface area contributed by atoms with Crippen LogP contribution in [0.1, 0.15) is 57.8 Å². The van der Waals surface area contributed by atoms with E-state index in [4.69, 9.17) is 22.1 Å². The Hall–Kier alpha value is -3.72. The summed E-state index contributed by atoms with van der Waals surface area (Å²) in [6.07, 6.45) is 1.28. The van der Waals surface area contributed by atoms with Crippen LogP contribution in [-0.4, -0.2) is 52.8 Å². The summed E-state index contributed by atoms with van der Waals surface area (Å²) < 4.78 is 6.58. The minimum Gasteiger partial charge on any atom is -0.674 e. The molecule has 0 radical (unpaired) electrons. The van der Waals surface area contributed by atoms with E-state index < -0.39 is 11.9 Å². The van der Waals surface area contributed by atoms with E-state index in [-0.39, 0.29) is 36.8 Å². The van der Waals surface area contributed by atoms with Gasteiger partial charge in [0.25, 0.3) is 5.91 Å². The van der Waals surface area contributed by atoms with Crippen molar-refractivity contribution in [1.29, 1.82) is 0 Å². The van der Waals surface area contributed by atoms with Gasteiger partial charge in [0.05, 0.1) is 0 Å². The second-order valence-corrected chi connectivity index (χ2v) is 11.5. The topological polar surface area (TPSA) is 103 Å². The lowest BCUT2D eigenvalue weighted by atomic mass is 9.86. The molecule has 8 nitrogen and oxygen atoms in total. The number of rotatable bonds is 7.